The topological polar surface area (TPSA) is 113 Å². The molecule has 0 spiro atoms. The molecule has 1 aromatic rings. The quantitative estimate of drug-likeness (QED) is 0.615. The molecule has 0 saturated carbocycles. The van der Waals surface area contributed by atoms with Crippen LogP contribution in [0.25, 0.3) is 0 Å². The van der Waals surface area contributed by atoms with Crippen LogP contribution in [0.15, 0.2) is 18.2 Å². The summed E-state index contributed by atoms with van der Waals surface area (Å²) in [5.74, 6) is -2.02. The summed E-state index contributed by atoms with van der Waals surface area (Å²) in [7, 11) is 0. The zero-order valence-electron chi connectivity index (χ0n) is 11.5. The predicted octanol–water partition coefficient (Wildman–Crippen LogP) is 0.572. The van der Waals surface area contributed by atoms with Crippen LogP contribution in [0.5, 0.6) is 0 Å². The minimum Gasteiger partial charge on any atom is -0.366 e. The summed E-state index contributed by atoms with van der Waals surface area (Å²) >= 11 is 0. The summed E-state index contributed by atoms with van der Waals surface area (Å²) in [6.07, 6.45) is 0.795. The number of anilines is 1. The number of primary amides is 1. The Labute approximate surface area is 121 Å². The van der Waals surface area contributed by atoms with Crippen LogP contribution in [0, 0.1) is 5.82 Å². The molecule has 0 aliphatic carbocycles. The maximum Gasteiger partial charge on any atom is 0.319 e. The lowest BCUT2D eigenvalue weighted by atomic mass is 10.2. The summed E-state index contributed by atoms with van der Waals surface area (Å²) < 4.78 is 13.2. The van der Waals surface area contributed by atoms with E-state index < -0.39 is 17.8 Å². The Hall–Kier alpha value is -2.64. The number of rotatable bonds is 6. The molecule has 0 aliphatic heterocycles. The number of halogens is 1. The summed E-state index contributed by atoms with van der Waals surface area (Å²) in [5.41, 5.74) is 4.86. The van der Waals surface area contributed by atoms with Crippen molar-refractivity contribution < 1.29 is 18.8 Å². The molecule has 0 aliphatic rings. The highest BCUT2D eigenvalue weighted by atomic mass is 19.1. The maximum absolute atomic E-state index is 13.2. The third-order valence-corrected chi connectivity index (χ3v) is 2.47. The van der Waals surface area contributed by atoms with E-state index in [1.165, 1.54) is 6.07 Å². The Kier molecular flexibility index (Phi) is 6.12. The lowest BCUT2D eigenvalue weighted by Crippen LogP contribution is -2.39. The Morgan fingerprint density at radius 3 is 2.57 bits per heavy atom. The lowest BCUT2D eigenvalue weighted by Gasteiger charge is -2.09. The fourth-order valence-corrected chi connectivity index (χ4v) is 1.45. The largest absolute Gasteiger partial charge is 0.366 e. The van der Waals surface area contributed by atoms with Gasteiger partial charge in [0.05, 0.1) is 12.1 Å². The van der Waals surface area contributed by atoms with Crippen LogP contribution in [0.4, 0.5) is 14.9 Å². The molecule has 114 valence electrons. The van der Waals surface area contributed by atoms with E-state index >= 15 is 0 Å². The van der Waals surface area contributed by atoms with Gasteiger partial charge in [-0.3, -0.25) is 9.59 Å². The molecule has 0 radical (unpaired) electrons. The van der Waals surface area contributed by atoms with Crippen molar-refractivity contribution in [3.05, 3.63) is 29.6 Å². The van der Waals surface area contributed by atoms with E-state index in [4.69, 9.17) is 5.73 Å². The van der Waals surface area contributed by atoms with Crippen molar-refractivity contribution >= 4 is 23.5 Å². The fraction of sp³-hybridized carbons (Fsp3) is 0.308. The molecule has 0 saturated heterocycles. The fourth-order valence-electron chi connectivity index (χ4n) is 1.45. The summed E-state index contributed by atoms with van der Waals surface area (Å²) in [4.78, 5) is 33.8. The van der Waals surface area contributed by atoms with Crippen molar-refractivity contribution in [2.75, 3.05) is 18.4 Å². The lowest BCUT2D eigenvalue weighted by molar-refractivity contribution is -0.120. The average molecular weight is 296 g/mol. The molecule has 4 amide bonds. The molecular formula is C13H17FN4O3. The van der Waals surface area contributed by atoms with Gasteiger partial charge in [0, 0.05) is 12.2 Å². The zero-order valence-corrected chi connectivity index (χ0v) is 11.5. The van der Waals surface area contributed by atoms with E-state index in [1.54, 1.807) is 0 Å². The molecule has 0 heterocycles. The maximum atomic E-state index is 13.2. The molecule has 0 fully saturated rings. The van der Waals surface area contributed by atoms with E-state index in [0.717, 1.165) is 18.6 Å². The van der Waals surface area contributed by atoms with E-state index in [-0.39, 0.29) is 23.7 Å². The number of nitrogens with two attached hydrogens (primary N) is 1. The normalized spacial score (nSPS) is 9.81. The molecule has 0 aromatic heterocycles. The highest BCUT2D eigenvalue weighted by Gasteiger charge is 2.11. The highest BCUT2D eigenvalue weighted by Crippen LogP contribution is 2.14. The molecular weight excluding hydrogens is 279 g/mol. The van der Waals surface area contributed by atoms with Crippen LogP contribution in [0.3, 0.4) is 0 Å². The number of hydrogen-bond acceptors (Lipinski definition) is 3. The Morgan fingerprint density at radius 2 is 1.95 bits per heavy atom. The number of amides is 4. The standard InChI is InChI=1S/C13H17FN4O3/c1-2-5-16-11(19)7-17-13(21)18-8-3-4-10(14)9(6-8)12(15)20/h3-4,6H,2,5,7H2,1H3,(H2,15,20)(H,16,19)(H2,17,18,21). The molecule has 1 aromatic carbocycles. The van der Waals surface area contributed by atoms with Crippen molar-refractivity contribution in [2.45, 2.75) is 13.3 Å². The molecule has 0 bridgehead atoms. The number of carbonyl (C=O) groups excluding carboxylic acids is 3. The molecule has 0 unspecified atom stereocenters. The molecule has 21 heavy (non-hydrogen) atoms. The van der Waals surface area contributed by atoms with Crippen LogP contribution in [0.1, 0.15) is 23.7 Å². The monoisotopic (exact) mass is 296 g/mol. The number of benzene rings is 1. The van der Waals surface area contributed by atoms with Crippen LogP contribution in [-0.2, 0) is 4.79 Å². The summed E-state index contributed by atoms with van der Waals surface area (Å²) in [5, 5.41) is 7.29. The van der Waals surface area contributed by atoms with Gasteiger partial charge in [-0.05, 0) is 24.6 Å². The van der Waals surface area contributed by atoms with Gasteiger partial charge < -0.3 is 21.7 Å². The third kappa shape index (κ3) is 5.47. The third-order valence-electron chi connectivity index (χ3n) is 2.47. The molecule has 8 heteroatoms. The Morgan fingerprint density at radius 1 is 1.24 bits per heavy atom. The minimum atomic E-state index is -0.935. The van der Waals surface area contributed by atoms with Gasteiger partial charge in [0.15, 0.2) is 0 Å². The highest BCUT2D eigenvalue weighted by molar-refractivity contribution is 5.96. The van der Waals surface area contributed by atoms with Gasteiger partial charge in [0.25, 0.3) is 5.91 Å². The van der Waals surface area contributed by atoms with Crippen LogP contribution < -0.4 is 21.7 Å². The van der Waals surface area contributed by atoms with Gasteiger partial charge >= 0.3 is 6.03 Å². The Balaban J connectivity index is 2.53. The molecule has 5 N–H and O–H groups in total. The van der Waals surface area contributed by atoms with Crippen LogP contribution >= 0.6 is 0 Å². The second kappa shape index (κ2) is 7.83. The van der Waals surface area contributed by atoms with Crippen molar-refractivity contribution in [3.8, 4) is 0 Å². The van der Waals surface area contributed by atoms with E-state index in [1.807, 2.05) is 6.92 Å². The van der Waals surface area contributed by atoms with Gasteiger partial charge in [-0.15, -0.1) is 0 Å². The van der Waals surface area contributed by atoms with Gasteiger partial charge in [0.1, 0.15) is 5.82 Å². The first-order valence-electron chi connectivity index (χ1n) is 6.35. The second-order valence-electron chi connectivity index (χ2n) is 4.22. The second-order valence-corrected chi connectivity index (χ2v) is 4.22. The summed E-state index contributed by atoms with van der Waals surface area (Å²) in [6, 6.07) is 2.76. The number of nitrogens with one attached hydrogen (secondary N) is 3. The SMILES string of the molecule is CCCNC(=O)CNC(=O)Nc1ccc(F)c(C(N)=O)c1. The first-order valence-corrected chi connectivity index (χ1v) is 6.35. The van der Waals surface area contributed by atoms with Crippen LogP contribution in [0.2, 0.25) is 0 Å². The van der Waals surface area contributed by atoms with Crippen molar-refractivity contribution in [2.24, 2.45) is 5.73 Å². The van der Waals surface area contributed by atoms with Gasteiger partial charge in [-0.1, -0.05) is 6.92 Å². The molecule has 7 nitrogen and oxygen atoms in total. The zero-order chi connectivity index (χ0) is 15.8. The minimum absolute atomic E-state index is 0.185. The van der Waals surface area contributed by atoms with Crippen LogP contribution in [-0.4, -0.2) is 30.9 Å². The number of carbonyl (C=O) groups is 3. The first-order chi connectivity index (χ1) is 9.93. The van der Waals surface area contributed by atoms with Gasteiger partial charge in [-0.25, -0.2) is 9.18 Å². The first kappa shape index (κ1) is 16.4. The number of urea groups is 1. The molecule has 0 atom stereocenters. The smallest absolute Gasteiger partial charge is 0.319 e. The van der Waals surface area contributed by atoms with E-state index in [2.05, 4.69) is 16.0 Å². The molecule has 1 rings (SSSR count). The average Bonchev–Trinajstić information content (AvgIpc) is 2.44. The number of hydrogen-bond donors (Lipinski definition) is 4. The van der Waals surface area contributed by atoms with Crippen molar-refractivity contribution in [1.82, 2.24) is 10.6 Å². The Bertz CT molecular complexity index is 548. The van der Waals surface area contributed by atoms with Crippen molar-refractivity contribution in [3.63, 3.8) is 0 Å². The predicted molar refractivity (Wildman–Crippen MR) is 75.2 cm³/mol. The van der Waals surface area contributed by atoms with Gasteiger partial charge in [0.2, 0.25) is 5.91 Å². The van der Waals surface area contributed by atoms with E-state index in [9.17, 15) is 18.8 Å². The van der Waals surface area contributed by atoms with Gasteiger partial charge in [-0.2, -0.15) is 0 Å². The van der Waals surface area contributed by atoms with E-state index in [0.29, 0.717) is 6.54 Å². The van der Waals surface area contributed by atoms with Crippen molar-refractivity contribution in [1.29, 1.82) is 0 Å². The summed E-state index contributed by atoms with van der Waals surface area (Å²) in [6.45, 7) is 2.25.